The minimum Gasteiger partial charge on any atom is -0.462 e. The maximum absolute atomic E-state index is 12.3. The first-order chi connectivity index (χ1) is 13.8. The monoisotopic (exact) mass is 402 g/mol. The zero-order valence-electron chi connectivity index (χ0n) is 18.5. The number of rotatable bonds is 11. The van der Waals surface area contributed by atoms with Crippen molar-refractivity contribution in [3.05, 3.63) is 47.1 Å². The van der Waals surface area contributed by atoms with E-state index >= 15 is 0 Å². The number of amides is 1. The van der Waals surface area contributed by atoms with Gasteiger partial charge in [0.05, 0.1) is 17.9 Å². The molecular formula is C23H34N2O4. The molecule has 1 rings (SSSR count). The number of anilines is 2. The second-order valence-electron chi connectivity index (χ2n) is 7.09. The lowest BCUT2D eigenvalue weighted by molar-refractivity contribution is -0.121. The SMILES string of the molecule is CCOC(=O)c1ccc(NCC=C(C)CCC=C(C)C)cc1N(C)C(=O)COC. The predicted octanol–water partition coefficient (Wildman–Crippen LogP) is 4.58. The van der Waals surface area contributed by atoms with Crippen molar-refractivity contribution in [2.45, 2.75) is 40.5 Å². The van der Waals surface area contributed by atoms with Crippen molar-refractivity contribution >= 4 is 23.3 Å². The molecule has 0 bridgehead atoms. The largest absolute Gasteiger partial charge is 0.462 e. The molecule has 1 aromatic carbocycles. The number of benzene rings is 1. The Morgan fingerprint density at radius 3 is 2.52 bits per heavy atom. The summed E-state index contributed by atoms with van der Waals surface area (Å²) in [6, 6.07) is 5.28. The lowest BCUT2D eigenvalue weighted by atomic mass is 10.1. The molecule has 6 nitrogen and oxygen atoms in total. The first-order valence-corrected chi connectivity index (χ1v) is 9.89. The Hall–Kier alpha value is -2.60. The van der Waals surface area contributed by atoms with E-state index in [1.165, 1.54) is 23.2 Å². The lowest BCUT2D eigenvalue weighted by Gasteiger charge is -2.21. The minimum absolute atomic E-state index is 0.0654. The number of hydrogen-bond acceptors (Lipinski definition) is 5. The second-order valence-corrected chi connectivity index (χ2v) is 7.09. The summed E-state index contributed by atoms with van der Waals surface area (Å²) in [5.41, 5.74) is 4.29. The Morgan fingerprint density at radius 1 is 1.17 bits per heavy atom. The summed E-state index contributed by atoms with van der Waals surface area (Å²) in [5.74, 6) is -0.702. The van der Waals surface area contributed by atoms with Crippen LogP contribution in [0, 0.1) is 0 Å². The topological polar surface area (TPSA) is 67.9 Å². The maximum atomic E-state index is 12.3. The standard InChI is InChI=1S/C23H34N2O4/c1-7-29-23(27)20-12-11-19(15-21(20)25(5)22(26)16-28-6)24-14-13-18(4)10-8-9-17(2)3/h9,11-13,15,24H,7-8,10,14,16H2,1-6H3. The number of methoxy groups -OCH3 is 1. The highest BCUT2D eigenvalue weighted by Gasteiger charge is 2.20. The van der Waals surface area contributed by atoms with Gasteiger partial charge in [0.1, 0.15) is 6.61 Å². The van der Waals surface area contributed by atoms with Crippen LogP contribution in [-0.2, 0) is 14.3 Å². The zero-order valence-corrected chi connectivity index (χ0v) is 18.5. The quantitative estimate of drug-likeness (QED) is 0.433. The lowest BCUT2D eigenvalue weighted by Crippen LogP contribution is -2.31. The van der Waals surface area contributed by atoms with Gasteiger partial charge in [0.2, 0.25) is 0 Å². The summed E-state index contributed by atoms with van der Waals surface area (Å²) < 4.78 is 10.1. The predicted molar refractivity (Wildman–Crippen MR) is 119 cm³/mol. The van der Waals surface area contributed by atoms with E-state index in [4.69, 9.17) is 9.47 Å². The second kappa shape index (κ2) is 12.8. The van der Waals surface area contributed by atoms with Crippen LogP contribution in [0.4, 0.5) is 11.4 Å². The molecule has 0 heterocycles. The first kappa shape index (κ1) is 24.4. The molecule has 1 aromatic rings. The van der Waals surface area contributed by atoms with Crippen molar-refractivity contribution in [2.75, 3.05) is 44.1 Å². The molecule has 0 aliphatic heterocycles. The number of allylic oxidation sites excluding steroid dienone is 3. The average Bonchev–Trinajstić information content (AvgIpc) is 2.67. The van der Waals surface area contributed by atoms with Gasteiger partial charge in [-0.1, -0.05) is 23.3 Å². The summed E-state index contributed by atoms with van der Waals surface area (Å²) in [7, 11) is 3.08. The summed E-state index contributed by atoms with van der Waals surface area (Å²) in [4.78, 5) is 26.0. The van der Waals surface area contributed by atoms with Gasteiger partial charge in [-0.3, -0.25) is 4.79 Å². The smallest absolute Gasteiger partial charge is 0.340 e. The fourth-order valence-corrected chi connectivity index (χ4v) is 2.69. The molecule has 0 saturated carbocycles. The zero-order chi connectivity index (χ0) is 21.8. The van der Waals surface area contributed by atoms with Crippen molar-refractivity contribution in [2.24, 2.45) is 0 Å². The summed E-state index contributed by atoms with van der Waals surface area (Å²) in [5, 5.41) is 3.33. The highest BCUT2D eigenvalue weighted by atomic mass is 16.5. The van der Waals surface area contributed by atoms with E-state index in [0.717, 1.165) is 18.5 Å². The van der Waals surface area contributed by atoms with Crippen LogP contribution in [-0.4, -0.2) is 45.8 Å². The van der Waals surface area contributed by atoms with Gasteiger partial charge in [-0.25, -0.2) is 4.79 Å². The van der Waals surface area contributed by atoms with E-state index < -0.39 is 5.97 Å². The van der Waals surface area contributed by atoms with Gasteiger partial charge in [0.25, 0.3) is 5.91 Å². The van der Waals surface area contributed by atoms with Crippen molar-refractivity contribution in [3.8, 4) is 0 Å². The van der Waals surface area contributed by atoms with E-state index in [2.05, 4.69) is 38.2 Å². The van der Waals surface area contributed by atoms with Crippen LogP contribution in [0.1, 0.15) is 50.9 Å². The van der Waals surface area contributed by atoms with E-state index in [1.54, 1.807) is 26.1 Å². The van der Waals surface area contributed by atoms with Gasteiger partial charge in [-0.2, -0.15) is 0 Å². The number of hydrogen-bond donors (Lipinski definition) is 1. The van der Waals surface area contributed by atoms with Gasteiger partial charge in [0, 0.05) is 26.4 Å². The molecule has 160 valence electrons. The summed E-state index contributed by atoms with van der Waals surface area (Å²) >= 11 is 0. The first-order valence-electron chi connectivity index (χ1n) is 9.89. The Kier molecular flexibility index (Phi) is 10.8. The molecule has 1 N–H and O–H groups in total. The number of esters is 1. The number of nitrogens with one attached hydrogen (secondary N) is 1. The third-order valence-electron chi connectivity index (χ3n) is 4.34. The van der Waals surface area contributed by atoms with E-state index in [-0.39, 0.29) is 19.1 Å². The van der Waals surface area contributed by atoms with Crippen LogP contribution >= 0.6 is 0 Å². The third kappa shape index (κ3) is 8.52. The molecule has 0 fully saturated rings. The van der Waals surface area contributed by atoms with Crippen LogP contribution in [0.25, 0.3) is 0 Å². The highest BCUT2D eigenvalue weighted by Crippen LogP contribution is 2.25. The Morgan fingerprint density at radius 2 is 1.90 bits per heavy atom. The van der Waals surface area contributed by atoms with Gasteiger partial charge in [0.15, 0.2) is 0 Å². The molecule has 0 aliphatic carbocycles. The minimum atomic E-state index is -0.457. The molecule has 29 heavy (non-hydrogen) atoms. The number of likely N-dealkylation sites (N-methyl/N-ethyl adjacent to an activating group) is 1. The van der Waals surface area contributed by atoms with E-state index in [0.29, 0.717) is 17.8 Å². The van der Waals surface area contributed by atoms with Crippen LogP contribution in [0.2, 0.25) is 0 Å². The van der Waals surface area contributed by atoms with Crippen molar-refractivity contribution in [3.63, 3.8) is 0 Å². The number of nitrogens with zero attached hydrogens (tertiary/aromatic N) is 1. The molecular weight excluding hydrogens is 368 g/mol. The Balaban J connectivity index is 2.94. The maximum Gasteiger partial charge on any atom is 0.340 e. The van der Waals surface area contributed by atoms with Crippen LogP contribution in [0.3, 0.4) is 0 Å². The van der Waals surface area contributed by atoms with Crippen LogP contribution < -0.4 is 10.2 Å². The van der Waals surface area contributed by atoms with Crippen molar-refractivity contribution < 1.29 is 19.1 Å². The molecule has 0 aliphatic rings. The summed E-state index contributed by atoms with van der Waals surface area (Å²) in [6.07, 6.45) is 6.44. The number of carbonyl (C=O) groups is 2. The molecule has 0 atom stereocenters. The third-order valence-corrected chi connectivity index (χ3v) is 4.34. The average molecular weight is 403 g/mol. The van der Waals surface area contributed by atoms with E-state index in [1.807, 2.05) is 6.07 Å². The number of carbonyl (C=O) groups excluding carboxylic acids is 2. The molecule has 1 amide bonds. The Bertz CT molecular complexity index is 749. The molecule has 0 saturated heterocycles. The van der Waals surface area contributed by atoms with E-state index in [9.17, 15) is 9.59 Å². The fourth-order valence-electron chi connectivity index (χ4n) is 2.69. The normalized spacial score (nSPS) is 11.0. The fraction of sp³-hybridized carbons (Fsp3) is 0.478. The van der Waals surface area contributed by atoms with Gasteiger partial charge in [-0.15, -0.1) is 0 Å². The highest BCUT2D eigenvalue weighted by molar-refractivity contribution is 6.03. The van der Waals surface area contributed by atoms with Crippen LogP contribution in [0.5, 0.6) is 0 Å². The van der Waals surface area contributed by atoms with Gasteiger partial charge >= 0.3 is 5.97 Å². The Labute approximate surface area is 174 Å². The molecule has 0 radical (unpaired) electrons. The summed E-state index contributed by atoms with van der Waals surface area (Å²) in [6.45, 7) is 8.94. The molecule has 0 unspecified atom stereocenters. The van der Waals surface area contributed by atoms with Crippen molar-refractivity contribution in [1.29, 1.82) is 0 Å². The van der Waals surface area contributed by atoms with Gasteiger partial charge < -0.3 is 19.7 Å². The molecule has 6 heteroatoms. The van der Waals surface area contributed by atoms with Gasteiger partial charge in [-0.05, 0) is 58.7 Å². The molecule has 0 spiro atoms. The molecule has 0 aromatic heterocycles. The van der Waals surface area contributed by atoms with Crippen LogP contribution in [0.15, 0.2) is 41.5 Å². The number of ether oxygens (including phenoxy) is 2. The van der Waals surface area contributed by atoms with Crippen molar-refractivity contribution in [1.82, 2.24) is 0 Å².